The van der Waals surface area contributed by atoms with Gasteiger partial charge in [-0.15, -0.1) is 0 Å². The molecule has 0 fully saturated rings. The van der Waals surface area contributed by atoms with Gasteiger partial charge in [0.2, 0.25) is 0 Å². The number of phenolic OH excluding ortho intramolecular Hbond substituents is 1. The molecule has 0 saturated carbocycles. The highest BCUT2D eigenvalue weighted by atomic mass is 32.1. The van der Waals surface area contributed by atoms with Gasteiger partial charge in [-0.05, 0) is 26.8 Å². The first-order valence-electron chi connectivity index (χ1n) is 6.06. The van der Waals surface area contributed by atoms with Crippen molar-refractivity contribution in [3.05, 3.63) is 27.4 Å². The van der Waals surface area contributed by atoms with Crippen molar-refractivity contribution in [3.63, 3.8) is 0 Å². The van der Waals surface area contributed by atoms with Crippen molar-refractivity contribution in [2.75, 3.05) is 6.54 Å². The molecule has 1 heterocycles. The van der Waals surface area contributed by atoms with Crippen LogP contribution < -0.4 is 10.2 Å². The van der Waals surface area contributed by atoms with Gasteiger partial charge in [0.1, 0.15) is 11.3 Å². The summed E-state index contributed by atoms with van der Waals surface area (Å²) in [4.78, 5) is 13.7. The number of phenols is 1. The van der Waals surface area contributed by atoms with E-state index >= 15 is 0 Å². The Morgan fingerprint density at radius 3 is 2.74 bits per heavy atom. The SMILES string of the molecule is CC(C)(C)NCC(O)c1ccc(O)c2[nH]c(=O)sc12. The number of β-amino-alcohol motifs (C(OH)–C–C–N with tert-alkyl or cyclic N) is 1. The van der Waals surface area contributed by atoms with Crippen molar-refractivity contribution in [1.82, 2.24) is 10.3 Å². The summed E-state index contributed by atoms with van der Waals surface area (Å²) >= 11 is 0.996. The minimum absolute atomic E-state index is 0.0214. The smallest absolute Gasteiger partial charge is 0.305 e. The summed E-state index contributed by atoms with van der Waals surface area (Å²) in [5.41, 5.74) is 0.942. The Hall–Kier alpha value is -1.37. The van der Waals surface area contributed by atoms with Gasteiger partial charge < -0.3 is 20.5 Å². The molecule has 0 aliphatic carbocycles. The Balaban J connectivity index is 2.34. The molecule has 6 heteroatoms. The molecule has 1 unspecified atom stereocenters. The Morgan fingerprint density at radius 2 is 2.11 bits per heavy atom. The van der Waals surface area contributed by atoms with Gasteiger partial charge >= 0.3 is 4.87 Å². The summed E-state index contributed by atoms with van der Waals surface area (Å²) in [5.74, 6) is 0.0214. The maximum absolute atomic E-state index is 11.4. The number of thiazole rings is 1. The topological polar surface area (TPSA) is 85.3 Å². The van der Waals surface area contributed by atoms with E-state index in [9.17, 15) is 15.0 Å². The number of benzene rings is 1. The van der Waals surface area contributed by atoms with Crippen LogP contribution in [0.15, 0.2) is 16.9 Å². The zero-order valence-electron chi connectivity index (χ0n) is 11.2. The number of nitrogens with one attached hydrogen (secondary N) is 2. The van der Waals surface area contributed by atoms with Crippen molar-refractivity contribution in [3.8, 4) is 5.75 Å². The number of aliphatic hydroxyl groups is 1. The van der Waals surface area contributed by atoms with Gasteiger partial charge in [-0.25, -0.2) is 0 Å². The maximum Gasteiger partial charge on any atom is 0.305 e. The zero-order chi connectivity index (χ0) is 14.2. The van der Waals surface area contributed by atoms with Crippen LogP contribution in [0.2, 0.25) is 0 Å². The molecule has 1 aromatic carbocycles. The van der Waals surface area contributed by atoms with Gasteiger partial charge in [0.05, 0.1) is 10.8 Å². The molecular formula is C13H18N2O3S. The molecule has 2 rings (SSSR count). The van der Waals surface area contributed by atoms with E-state index in [4.69, 9.17) is 0 Å². The minimum Gasteiger partial charge on any atom is -0.506 e. The number of H-pyrrole nitrogens is 1. The predicted molar refractivity (Wildman–Crippen MR) is 76.8 cm³/mol. The lowest BCUT2D eigenvalue weighted by molar-refractivity contribution is 0.165. The summed E-state index contributed by atoms with van der Waals surface area (Å²) in [6, 6.07) is 3.14. The van der Waals surface area contributed by atoms with E-state index in [-0.39, 0.29) is 16.2 Å². The first kappa shape index (κ1) is 14.0. The number of aromatic hydroxyl groups is 1. The number of aromatic amines is 1. The first-order valence-corrected chi connectivity index (χ1v) is 6.87. The van der Waals surface area contributed by atoms with Crippen LogP contribution in [0, 0.1) is 0 Å². The number of hydrogen-bond donors (Lipinski definition) is 4. The molecule has 0 aliphatic heterocycles. The van der Waals surface area contributed by atoms with Crippen molar-refractivity contribution in [2.45, 2.75) is 32.4 Å². The van der Waals surface area contributed by atoms with E-state index in [0.717, 1.165) is 11.3 Å². The Morgan fingerprint density at radius 1 is 1.42 bits per heavy atom. The van der Waals surface area contributed by atoms with E-state index in [2.05, 4.69) is 10.3 Å². The van der Waals surface area contributed by atoms with Crippen LogP contribution in [-0.4, -0.2) is 27.3 Å². The normalized spacial score (nSPS) is 13.9. The van der Waals surface area contributed by atoms with Crippen LogP contribution in [0.3, 0.4) is 0 Å². The van der Waals surface area contributed by atoms with Crippen molar-refractivity contribution in [1.29, 1.82) is 0 Å². The highest BCUT2D eigenvalue weighted by Crippen LogP contribution is 2.31. The second-order valence-corrected chi connectivity index (χ2v) is 6.52. The Bertz CT molecular complexity index is 639. The third-order valence-electron chi connectivity index (χ3n) is 2.77. The van der Waals surface area contributed by atoms with Crippen LogP contribution >= 0.6 is 11.3 Å². The van der Waals surface area contributed by atoms with E-state index in [1.807, 2.05) is 20.8 Å². The average molecular weight is 282 g/mol. The van der Waals surface area contributed by atoms with Crippen LogP contribution in [0.1, 0.15) is 32.4 Å². The van der Waals surface area contributed by atoms with Crippen LogP contribution in [0.4, 0.5) is 0 Å². The second kappa shape index (κ2) is 4.96. The number of aliphatic hydroxyl groups excluding tert-OH is 1. The Kier molecular flexibility index (Phi) is 3.66. The summed E-state index contributed by atoms with van der Waals surface area (Å²) < 4.78 is 0.605. The predicted octanol–water partition coefficient (Wildman–Crippen LogP) is 1.72. The number of rotatable bonds is 3. The molecular weight excluding hydrogens is 264 g/mol. The van der Waals surface area contributed by atoms with Gasteiger partial charge in [-0.3, -0.25) is 4.79 Å². The molecule has 0 aliphatic rings. The molecule has 2 aromatic rings. The van der Waals surface area contributed by atoms with Gasteiger partial charge in [-0.1, -0.05) is 17.4 Å². The summed E-state index contributed by atoms with van der Waals surface area (Å²) in [6.07, 6.45) is -0.728. The fourth-order valence-corrected chi connectivity index (χ4v) is 2.73. The fraction of sp³-hybridized carbons (Fsp3) is 0.462. The van der Waals surface area contributed by atoms with Gasteiger partial charge in [-0.2, -0.15) is 0 Å². The van der Waals surface area contributed by atoms with Crippen LogP contribution in [0.5, 0.6) is 5.75 Å². The fourth-order valence-electron chi connectivity index (χ4n) is 1.81. The number of fused-ring (bicyclic) bond motifs is 1. The van der Waals surface area contributed by atoms with E-state index in [1.54, 1.807) is 6.07 Å². The highest BCUT2D eigenvalue weighted by molar-refractivity contribution is 7.16. The molecule has 0 saturated heterocycles. The molecule has 1 atom stereocenters. The van der Waals surface area contributed by atoms with E-state index in [0.29, 0.717) is 22.3 Å². The molecule has 104 valence electrons. The van der Waals surface area contributed by atoms with Crippen LogP contribution in [-0.2, 0) is 0 Å². The summed E-state index contributed by atoms with van der Waals surface area (Å²) in [6.45, 7) is 6.43. The van der Waals surface area contributed by atoms with Crippen molar-refractivity contribution in [2.24, 2.45) is 0 Å². The molecule has 5 nitrogen and oxygen atoms in total. The van der Waals surface area contributed by atoms with Gasteiger partial charge in [0, 0.05) is 17.6 Å². The van der Waals surface area contributed by atoms with E-state index < -0.39 is 6.10 Å². The molecule has 0 amide bonds. The third kappa shape index (κ3) is 3.15. The number of aromatic nitrogens is 1. The molecule has 4 N–H and O–H groups in total. The second-order valence-electron chi connectivity index (χ2n) is 5.54. The molecule has 19 heavy (non-hydrogen) atoms. The largest absolute Gasteiger partial charge is 0.506 e. The number of hydrogen-bond acceptors (Lipinski definition) is 5. The maximum atomic E-state index is 11.4. The highest BCUT2D eigenvalue weighted by Gasteiger charge is 2.18. The lowest BCUT2D eigenvalue weighted by Gasteiger charge is -2.23. The molecule has 0 spiro atoms. The first-order chi connectivity index (χ1) is 8.78. The summed E-state index contributed by atoms with van der Waals surface area (Å²) in [5, 5.41) is 23.1. The standard InChI is InChI=1S/C13H18N2O3S/c1-13(2,3)14-6-9(17)7-4-5-8(16)10-11(7)19-12(18)15-10/h4-5,9,14,16-17H,6H2,1-3H3,(H,15,18). The summed E-state index contributed by atoms with van der Waals surface area (Å²) in [7, 11) is 0. The zero-order valence-corrected chi connectivity index (χ0v) is 12.0. The molecule has 0 radical (unpaired) electrons. The van der Waals surface area contributed by atoms with Crippen molar-refractivity contribution >= 4 is 21.6 Å². The monoisotopic (exact) mass is 282 g/mol. The molecule has 1 aromatic heterocycles. The lowest BCUT2D eigenvalue weighted by atomic mass is 10.1. The molecule has 0 bridgehead atoms. The third-order valence-corrected chi connectivity index (χ3v) is 3.70. The van der Waals surface area contributed by atoms with Gasteiger partial charge in [0.25, 0.3) is 0 Å². The van der Waals surface area contributed by atoms with Crippen molar-refractivity contribution < 1.29 is 10.2 Å². The van der Waals surface area contributed by atoms with Crippen LogP contribution in [0.25, 0.3) is 10.2 Å². The Labute approximate surface area is 114 Å². The van der Waals surface area contributed by atoms with Gasteiger partial charge in [0.15, 0.2) is 0 Å². The lowest BCUT2D eigenvalue weighted by Crippen LogP contribution is -2.38. The average Bonchev–Trinajstić information content (AvgIpc) is 2.68. The minimum atomic E-state index is -0.728. The quantitative estimate of drug-likeness (QED) is 0.690. The van der Waals surface area contributed by atoms with E-state index in [1.165, 1.54) is 6.07 Å².